The van der Waals surface area contributed by atoms with Crippen LogP contribution in [0.15, 0.2) is 63.9 Å². The van der Waals surface area contributed by atoms with Gasteiger partial charge < -0.3 is 19.4 Å². The maximum atomic E-state index is 13.2. The molecule has 5 heteroatoms. The summed E-state index contributed by atoms with van der Waals surface area (Å²) in [5.74, 6) is 0.397. The second kappa shape index (κ2) is 9.41. The molecule has 0 amide bonds. The van der Waals surface area contributed by atoms with Gasteiger partial charge in [-0.25, -0.2) is 0 Å². The van der Waals surface area contributed by atoms with E-state index in [1.54, 1.807) is 12.1 Å². The molecule has 2 aromatic carbocycles. The van der Waals surface area contributed by atoms with Crippen LogP contribution >= 0.6 is 0 Å². The molecule has 5 nitrogen and oxygen atoms in total. The standard InChI is InChI=1S/C28H29O5/c1-15(2)10-18-13-19(11-16(3)4)28-25(26(18)30)22(29)14-24(33-28)20-8-9-23(32-7)27(31)21(20)12-17(5)6/h8-9,14,30-31H,1,3,5,10-12H2,2,4,6-7H3. The van der Waals surface area contributed by atoms with E-state index in [2.05, 4.69) is 25.8 Å². The number of hydrogen-bond acceptors (Lipinski definition) is 5. The quantitative estimate of drug-likeness (QED) is 0.414. The SMILES string of the molecule is C=C(C)Cc1[c]c(CC(=C)C)c2oc(-c3ccc(OC)c(O)c3CC(=C)C)cc(=O)c2c1O. The summed E-state index contributed by atoms with van der Waals surface area (Å²) < 4.78 is 11.5. The largest absolute Gasteiger partial charge is 0.507 e. The van der Waals surface area contributed by atoms with Crippen molar-refractivity contribution < 1.29 is 19.4 Å². The number of rotatable bonds is 8. The molecule has 0 aliphatic rings. The highest BCUT2D eigenvalue weighted by molar-refractivity contribution is 5.89. The molecule has 33 heavy (non-hydrogen) atoms. The van der Waals surface area contributed by atoms with Crippen LogP contribution in [0.25, 0.3) is 22.3 Å². The Labute approximate surface area is 194 Å². The Morgan fingerprint density at radius 1 is 0.970 bits per heavy atom. The highest BCUT2D eigenvalue weighted by Crippen LogP contribution is 2.40. The zero-order valence-corrected chi connectivity index (χ0v) is 19.6. The third-order valence-electron chi connectivity index (χ3n) is 5.21. The first kappa shape index (κ1) is 23.9. The average Bonchev–Trinajstić information content (AvgIpc) is 2.71. The summed E-state index contributed by atoms with van der Waals surface area (Å²) in [4.78, 5) is 13.2. The first-order valence-corrected chi connectivity index (χ1v) is 10.6. The Bertz CT molecular complexity index is 1340. The lowest BCUT2D eigenvalue weighted by Crippen LogP contribution is -2.06. The molecule has 1 radical (unpaired) electrons. The number of methoxy groups -OCH3 is 1. The maximum Gasteiger partial charge on any atom is 0.197 e. The third kappa shape index (κ3) is 4.87. The molecule has 0 saturated heterocycles. The highest BCUT2D eigenvalue weighted by Gasteiger charge is 2.21. The van der Waals surface area contributed by atoms with Gasteiger partial charge in [-0.3, -0.25) is 4.79 Å². The minimum absolute atomic E-state index is 0.0332. The van der Waals surface area contributed by atoms with Crippen molar-refractivity contribution >= 4 is 11.0 Å². The molecular weight excluding hydrogens is 416 g/mol. The number of ether oxygens (including phenoxy) is 1. The van der Waals surface area contributed by atoms with Gasteiger partial charge in [-0.05, 0) is 58.2 Å². The molecule has 0 atom stereocenters. The number of fused-ring (bicyclic) bond motifs is 1. The van der Waals surface area contributed by atoms with Gasteiger partial charge in [-0.15, -0.1) is 0 Å². The summed E-state index contributed by atoms with van der Waals surface area (Å²) in [6.45, 7) is 17.4. The topological polar surface area (TPSA) is 79.9 Å². The van der Waals surface area contributed by atoms with Crippen molar-refractivity contribution in [2.45, 2.75) is 40.0 Å². The van der Waals surface area contributed by atoms with E-state index < -0.39 is 0 Å². The number of aromatic hydroxyl groups is 2. The Morgan fingerprint density at radius 3 is 2.15 bits per heavy atom. The van der Waals surface area contributed by atoms with Crippen molar-refractivity contribution in [2.24, 2.45) is 0 Å². The van der Waals surface area contributed by atoms with E-state index in [4.69, 9.17) is 9.15 Å². The van der Waals surface area contributed by atoms with Gasteiger partial charge in [0.15, 0.2) is 16.9 Å². The maximum absolute atomic E-state index is 13.2. The molecule has 0 bridgehead atoms. The third-order valence-corrected chi connectivity index (χ3v) is 5.21. The van der Waals surface area contributed by atoms with Gasteiger partial charge in [0.1, 0.15) is 22.5 Å². The second-order valence-corrected chi connectivity index (χ2v) is 8.65. The van der Waals surface area contributed by atoms with Crippen molar-refractivity contribution in [1.29, 1.82) is 0 Å². The van der Waals surface area contributed by atoms with E-state index in [0.29, 0.717) is 47.3 Å². The summed E-state index contributed by atoms with van der Waals surface area (Å²) in [6.07, 6.45) is 1.19. The van der Waals surface area contributed by atoms with Gasteiger partial charge in [-0.2, -0.15) is 0 Å². The van der Waals surface area contributed by atoms with Gasteiger partial charge in [-0.1, -0.05) is 36.5 Å². The zero-order chi connectivity index (χ0) is 24.4. The van der Waals surface area contributed by atoms with Gasteiger partial charge in [0.2, 0.25) is 0 Å². The molecule has 3 rings (SSSR count). The monoisotopic (exact) mass is 445 g/mol. The molecule has 1 heterocycles. The number of phenols is 2. The smallest absolute Gasteiger partial charge is 0.197 e. The summed E-state index contributed by atoms with van der Waals surface area (Å²) in [5, 5.41) is 21.7. The molecule has 0 spiro atoms. The molecule has 0 aliphatic carbocycles. The molecule has 3 aromatic rings. The van der Waals surface area contributed by atoms with Crippen LogP contribution in [-0.4, -0.2) is 17.3 Å². The average molecular weight is 446 g/mol. The molecule has 1 aromatic heterocycles. The number of benzene rings is 2. The zero-order valence-electron chi connectivity index (χ0n) is 19.6. The lowest BCUT2D eigenvalue weighted by atomic mass is 9.95. The molecular formula is C28H29O5. The second-order valence-electron chi connectivity index (χ2n) is 8.65. The predicted molar refractivity (Wildman–Crippen MR) is 132 cm³/mol. The van der Waals surface area contributed by atoms with Crippen molar-refractivity contribution in [3.63, 3.8) is 0 Å². The Morgan fingerprint density at radius 2 is 1.58 bits per heavy atom. The summed E-state index contributed by atoms with van der Waals surface area (Å²) in [5.41, 5.74) is 4.58. The van der Waals surface area contributed by atoms with E-state index in [-0.39, 0.29) is 33.7 Å². The predicted octanol–water partition coefficient (Wildman–Crippen LogP) is 6.04. The normalized spacial score (nSPS) is 10.9. The molecule has 0 unspecified atom stereocenters. The van der Waals surface area contributed by atoms with Crippen molar-refractivity contribution in [2.75, 3.05) is 7.11 Å². The van der Waals surface area contributed by atoms with E-state index in [9.17, 15) is 15.0 Å². The molecule has 171 valence electrons. The van der Waals surface area contributed by atoms with Gasteiger partial charge in [0.05, 0.1) is 7.11 Å². The minimum atomic E-state index is -0.389. The number of hydrogen-bond donors (Lipinski definition) is 2. The van der Waals surface area contributed by atoms with Crippen LogP contribution in [0.2, 0.25) is 0 Å². The van der Waals surface area contributed by atoms with Crippen LogP contribution in [0.4, 0.5) is 0 Å². The summed E-state index contributed by atoms with van der Waals surface area (Å²) in [7, 11) is 1.47. The molecule has 0 saturated carbocycles. The van der Waals surface area contributed by atoms with Crippen LogP contribution in [0.5, 0.6) is 17.2 Å². The van der Waals surface area contributed by atoms with Gasteiger partial charge >= 0.3 is 0 Å². The minimum Gasteiger partial charge on any atom is -0.507 e. The molecule has 0 aliphatic heterocycles. The van der Waals surface area contributed by atoms with Gasteiger partial charge in [0, 0.05) is 28.3 Å². The number of allylic oxidation sites excluding steroid dienone is 3. The summed E-state index contributed by atoms with van der Waals surface area (Å²) in [6, 6.07) is 7.90. The fourth-order valence-electron chi connectivity index (χ4n) is 3.86. The fourth-order valence-corrected chi connectivity index (χ4v) is 3.86. The van der Waals surface area contributed by atoms with Crippen LogP contribution in [0.1, 0.15) is 37.5 Å². The van der Waals surface area contributed by atoms with E-state index in [1.807, 2.05) is 20.8 Å². The van der Waals surface area contributed by atoms with Crippen LogP contribution in [0.3, 0.4) is 0 Å². The van der Waals surface area contributed by atoms with Crippen LogP contribution in [-0.2, 0) is 19.3 Å². The Kier molecular flexibility index (Phi) is 6.82. The summed E-state index contributed by atoms with van der Waals surface area (Å²) >= 11 is 0. The first-order chi connectivity index (χ1) is 15.5. The lowest BCUT2D eigenvalue weighted by molar-refractivity contribution is 0.371. The molecule has 0 fully saturated rings. The van der Waals surface area contributed by atoms with E-state index >= 15 is 0 Å². The van der Waals surface area contributed by atoms with Crippen molar-refractivity contribution in [1.82, 2.24) is 0 Å². The Hall–Kier alpha value is -3.73. The van der Waals surface area contributed by atoms with Crippen molar-refractivity contribution in [3.8, 4) is 28.6 Å². The van der Waals surface area contributed by atoms with E-state index in [0.717, 1.165) is 16.7 Å². The molecule has 2 N–H and O–H groups in total. The number of phenolic OH excluding ortho intramolecular Hbond substituents is 2. The Balaban J connectivity index is 2.37. The van der Waals surface area contributed by atoms with Crippen LogP contribution < -0.4 is 10.2 Å². The first-order valence-electron chi connectivity index (χ1n) is 10.6. The van der Waals surface area contributed by atoms with Crippen molar-refractivity contribution in [3.05, 3.63) is 87.6 Å². The van der Waals surface area contributed by atoms with E-state index in [1.165, 1.54) is 13.2 Å². The fraction of sp³-hybridized carbons (Fsp3) is 0.250. The highest BCUT2D eigenvalue weighted by atomic mass is 16.5. The lowest BCUT2D eigenvalue weighted by Gasteiger charge is -2.16. The van der Waals surface area contributed by atoms with Gasteiger partial charge in [0.25, 0.3) is 0 Å². The van der Waals surface area contributed by atoms with Crippen LogP contribution in [0, 0.1) is 6.07 Å².